The lowest BCUT2D eigenvalue weighted by molar-refractivity contribution is -0.141. The Morgan fingerprint density at radius 3 is 2.54 bits per heavy atom. The van der Waals surface area contributed by atoms with E-state index in [1.54, 1.807) is 4.90 Å². The van der Waals surface area contributed by atoms with Crippen molar-refractivity contribution < 1.29 is 9.90 Å². The average molecular weight is 328 g/mol. The molecule has 2 aromatic rings. The highest BCUT2D eigenvalue weighted by atomic mass is 16.3. The number of carbonyl (C=O) groups is 1. The minimum atomic E-state index is -0.918. The molecule has 1 aromatic heterocycles. The highest BCUT2D eigenvalue weighted by Crippen LogP contribution is 2.23. The molecule has 0 spiro atoms. The van der Waals surface area contributed by atoms with Crippen molar-refractivity contribution in [1.82, 2.24) is 20.0 Å². The highest BCUT2D eigenvalue weighted by Gasteiger charge is 2.24. The van der Waals surface area contributed by atoms with E-state index < -0.39 is 6.10 Å². The van der Waals surface area contributed by atoms with Crippen LogP contribution in [0.5, 0.6) is 0 Å². The number of aromatic amines is 1. The summed E-state index contributed by atoms with van der Waals surface area (Å²) in [6.07, 6.45) is 0.959. The van der Waals surface area contributed by atoms with Gasteiger partial charge in [0.1, 0.15) is 6.10 Å². The third-order valence-corrected chi connectivity index (χ3v) is 4.49. The maximum Gasteiger partial charge on any atom is 0.251 e. The molecule has 1 atom stereocenters. The fraction of sp³-hybridized carbons (Fsp3) is 0.444. The molecular formula is C18H24N4O2. The number of piperazine rings is 1. The summed E-state index contributed by atoms with van der Waals surface area (Å²) in [4.78, 5) is 15.9. The number of nitrogens with one attached hydrogen (secondary N) is 1. The van der Waals surface area contributed by atoms with Gasteiger partial charge in [-0.05, 0) is 19.4 Å². The molecule has 0 aliphatic carbocycles. The molecule has 1 aromatic carbocycles. The van der Waals surface area contributed by atoms with Gasteiger partial charge >= 0.3 is 0 Å². The van der Waals surface area contributed by atoms with Crippen molar-refractivity contribution in [2.45, 2.75) is 26.5 Å². The Labute approximate surface area is 142 Å². The van der Waals surface area contributed by atoms with Crippen LogP contribution in [0.4, 0.5) is 0 Å². The summed E-state index contributed by atoms with van der Waals surface area (Å²) in [5, 5.41) is 16.7. The van der Waals surface area contributed by atoms with Crippen LogP contribution in [-0.2, 0) is 11.3 Å². The van der Waals surface area contributed by atoms with E-state index in [0.29, 0.717) is 13.1 Å². The highest BCUT2D eigenvalue weighted by molar-refractivity contribution is 5.80. The number of aliphatic hydroxyl groups excluding tert-OH is 1. The summed E-state index contributed by atoms with van der Waals surface area (Å²) < 4.78 is 0. The standard InChI is InChI=1S/C18H24N4O2/c1-13-3-5-15(6-4-13)17-16(11-19-20-17)12-21-7-9-22(10-8-21)18(24)14(2)23/h3-6,11,14,23H,7-10,12H2,1-2H3,(H,19,20). The zero-order valence-electron chi connectivity index (χ0n) is 14.2. The third kappa shape index (κ3) is 3.66. The van der Waals surface area contributed by atoms with Crippen LogP contribution in [0.25, 0.3) is 11.3 Å². The molecule has 0 saturated carbocycles. The zero-order valence-corrected chi connectivity index (χ0v) is 14.2. The Kier molecular flexibility index (Phi) is 4.97. The first-order valence-corrected chi connectivity index (χ1v) is 8.33. The maximum atomic E-state index is 11.8. The molecule has 1 aliphatic rings. The summed E-state index contributed by atoms with van der Waals surface area (Å²) in [6.45, 7) is 7.31. The number of carbonyl (C=O) groups excluding carboxylic acids is 1. The molecule has 0 radical (unpaired) electrons. The van der Waals surface area contributed by atoms with Gasteiger partial charge in [-0.3, -0.25) is 14.8 Å². The van der Waals surface area contributed by atoms with E-state index in [9.17, 15) is 9.90 Å². The Bertz CT molecular complexity index is 685. The molecule has 24 heavy (non-hydrogen) atoms. The van der Waals surface area contributed by atoms with Crippen LogP contribution in [0.2, 0.25) is 0 Å². The Morgan fingerprint density at radius 2 is 1.92 bits per heavy atom. The summed E-state index contributed by atoms with van der Waals surface area (Å²) >= 11 is 0. The number of aliphatic hydroxyl groups is 1. The molecule has 1 fully saturated rings. The lowest BCUT2D eigenvalue weighted by atomic mass is 10.1. The minimum absolute atomic E-state index is 0.182. The number of H-pyrrole nitrogens is 1. The normalized spacial score (nSPS) is 17.0. The quantitative estimate of drug-likeness (QED) is 0.890. The number of benzene rings is 1. The predicted octanol–water partition coefficient (Wildman–Crippen LogP) is 1.41. The number of aryl methyl sites for hydroxylation is 1. The van der Waals surface area contributed by atoms with Gasteiger partial charge in [-0.15, -0.1) is 0 Å². The lowest BCUT2D eigenvalue weighted by Gasteiger charge is -2.35. The Balaban J connectivity index is 1.63. The van der Waals surface area contributed by atoms with E-state index in [4.69, 9.17) is 0 Å². The number of amides is 1. The second-order valence-electron chi connectivity index (χ2n) is 6.41. The van der Waals surface area contributed by atoms with Gasteiger partial charge in [-0.25, -0.2) is 0 Å². The van der Waals surface area contributed by atoms with E-state index in [2.05, 4.69) is 46.3 Å². The molecule has 6 nitrogen and oxygen atoms in total. The topological polar surface area (TPSA) is 72.5 Å². The molecule has 1 unspecified atom stereocenters. The number of nitrogens with zero attached hydrogens (tertiary/aromatic N) is 3. The van der Waals surface area contributed by atoms with Gasteiger partial charge in [-0.1, -0.05) is 29.8 Å². The number of hydrogen-bond donors (Lipinski definition) is 2. The van der Waals surface area contributed by atoms with E-state index in [0.717, 1.165) is 36.5 Å². The van der Waals surface area contributed by atoms with Gasteiger partial charge in [-0.2, -0.15) is 5.10 Å². The summed E-state index contributed by atoms with van der Waals surface area (Å²) in [6, 6.07) is 8.40. The van der Waals surface area contributed by atoms with Crippen LogP contribution in [-0.4, -0.2) is 63.3 Å². The first kappa shape index (κ1) is 16.7. The fourth-order valence-corrected chi connectivity index (χ4v) is 3.03. The van der Waals surface area contributed by atoms with Gasteiger partial charge < -0.3 is 10.0 Å². The van der Waals surface area contributed by atoms with Crippen molar-refractivity contribution in [3.8, 4) is 11.3 Å². The van der Waals surface area contributed by atoms with Crippen LogP contribution in [0.15, 0.2) is 30.5 Å². The summed E-state index contributed by atoms with van der Waals surface area (Å²) in [5.41, 5.74) is 4.58. The first-order chi connectivity index (χ1) is 11.5. The molecular weight excluding hydrogens is 304 g/mol. The van der Waals surface area contributed by atoms with Crippen LogP contribution < -0.4 is 0 Å². The predicted molar refractivity (Wildman–Crippen MR) is 92.3 cm³/mol. The van der Waals surface area contributed by atoms with Crippen LogP contribution in [0.3, 0.4) is 0 Å². The molecule has 0 bridgehead atoms. The Hall–Kier alpha value is -2.18. The first-order valence-electron chi connectivity index (χ1n) is 8.33. The zero-order chi connectivity index (χ0) is 17.1. The van der Waals surface area contributed by atoms with E-state index in [-0.39, 0.29) is 5.91 Å². The SMILES string of the molecule is Cc1ccc(-c2[nH]ncc2CN2CCN(C(=O)C(C)O)CC2)cc1. The van der Waals surface area contributed by atoms with Crippen molar-refractivity contribution in [3.05, 3.63) is 41.6 Å². The van der Waals surface area contributed by atoms with Gasteiger partial charge in [0.05, 0.1) is 11.9 Å². The van der Waals surface area contributed by atoms with Crippen LogP contribution in [0, 0.1) is 6.92 Å². The molecule has 3 rings (SSSR count). The summed E-state index contributed by atoms with van der Waals surface area (Å²) in [7, 11) is 0. The fourth-order valence-electron chi connectivity index (χ4n) is 3.03. The second kappa shape index (κ2) is 7.15. The molecule has 1 amide bonds. The van der Waals surface area contributed by atoms with Gasteiger partial charge in [0.25, 0.3) is 5.91 Å². The molecule has 128 valence electrons. The van der Waals surface area contributed by atoms with E-state index in [1.807, 2.05) is 6.20 Å². The summed E-state index contributed by atoms with van der Waals surface area (Å²) in [5.74, 6) is -0.182. The molecule has 2 heterocycles. The largest absolute Gasteiger partial charge is 0.384 e. The van der Waals surface area contributed by atoms with Crippen molar-refractivity contribution >= 4 is 5.91 Å². The number of hydrogen-bond acceptors (Lipinski definition) is 4. The molecule has 2 N–H and O–H groups in total. The monoisotopic (exact) mass is 328 g/mol. The van der Waals surface area contributed by atoms with Crippen LogP contribution >= 0.6 is 0 Å². The van der Waals surface area contributed by atoms with Crippen molar-refractivity contribution in [2.24, 2.45) is 0 Å². The smallest absolute Gasteiger partial charge is 0.251 e. The van der Waals surface area contributed by atoms with Crippen molar-refractivity contribution in [1.29, 1.82) is 0 Å². The van der Waals surface area contributed by atoms with Gasteiger partial charge in [0.2, 0.25) is 0 Å². The molecule has 6 heteroatoms. The number of rotatable bonds is 4. The van der Waals surface area contributed by atoms with Crippen molar-refractivity contribution in [2.75, 3.05) is 26.2 Å². The number of aromatic nitrogens is 2. The van der Waals surface area contributed by atoms with E-state index >= 15 is 0 Å². The average Bonchev–Trinajstić information content (AvgIpc) is 3.03. The minimum Gasteiger partial charge on any atom is -0.384 e. The van der Waals surface area contributed by atoms with E-state index in [1.165, 1.54) is 12.5 Å². The maximum absolute atomic E-state index is 11.8. The van der Waals surface area contributed by atoms with Gasteiger partial charge in [0.15, 0.2) is 0 Å². The third-order valence-electron chi connectivity index (χ3n) is 4.49. The van der Waals surface area contributed by atoms with Gasteiger partial charge in [0, 0.05) is 38.3 Å². The lowest BCUT2D eigenvalue weighted by Crippen LogP contribution is -2.50. The molecule has 1 saturated heterocycles. The van der Waals surface area contributed by atoms with Crippen molar-refractivity contribution in [3.63, 3.8) is 0 Å². The molecule has 1 aliphatic heterocycles. The second-order valence-corrected chi connectivity index (χ2v) is 6.41. The van der Waals surface area contributed by atoms with Crippen LogP contribution in [0.1, 0.15) is 18.1 Å². The Morgan fingerprint density at radius 1 is 1.25 bits per heavy atom.